The van der Waals surface area contributed by atoms with Crippen molar-refractivity contribution in [2.75, 3.05) is 0 Å². The SMILES string of the molecule is CCC(CC)c1nc2cc(C(C)=O)ccc2n1CC(=O)O. The average Bonchev–Trinajstić information content (AvgIpc) is 2.77. The van der Waals surface area contributed by atoms with Gasteiger partial charge in [0.15, 0.2) is 5.78 Å². The third kappa shape index (κ3) is 2.96. The van der Waals surface area contributed by atoms with Crippen molar-refractivity contribution in [2.24, 2.45) is 0 Å². The van der Waals surface area contributed by atoms with Crippen LogP contribution < -0.4 is 0 Å². The molecule has 0 amide bonds. The van der Waals surface area contributed by atoms with E-state index >= 15 is 0 Å². The van der Waals surface area contributed by atoms with Crippen molar-refractivity contribution >= 4 is 22.8 Å². The first-order chi connectivity index (χ1) is 9.97. The van der Waals surface area contributed by atoms with Gasteiger partial charge in [0, 0.05) is 11.5 Å². The molecule has 5 nitrogen and oxygen atoms in total. The second kappa shape index (κ2) is 6.08. The Bertz CT molecular complexity index is 684. The number of aromatic nitrogens is 2. The molecule has 0 aliphatic heterocycles. The fourth-order valence-corrected chi connectivity index (χ4v) is 2.63. The summed E-state index contributed by atoms with van der Waals surface area (Å²) < 4.78 is 1.75. The number of imidazole rings is 1. The van der Waals surface area contributed by atoms with E-state index in [1.54, 1.807) is 22.8 Å². The lowest BCUT2D eigenvalue weighted by molar-refractivity contribution is -0.137. The predicted octanol–water partition coefficient (Wildman–Crippen LogP) is 3.23. The number of hydrogen-bond donors (Lipinski definition) is 1. The number of fused-ring (bicyclic) bond motifs is 1. The number of hydrogen-bond acceptors (Lipinski definition) is 3. The monoisotopic (exact) mass is 288 g/mol. The van der Waals surface area contributed by atoms with E-state index < -0.39 is 5.97 Å². The molecule has 1 aromatic carbocycles. The number of Topliss-reactive ketones (excluding diaryl/α,β-unsaturated/α-hetero) is 1. The van der Waals surface area contributed by atoms with Crippen molar-refractivity contribution in [1.29, 1.82) is 0 Å². The zero-order chi connectivity index (χ0) is 15.6. The van der Waals surface area contributed by atoms with Gasteiger partial charge in [0.1, 0.15) is 12.4 Å². The summed E-state index contributed by atoms with van der Waals surface area (Å²) in [6.07, 6.45) is 1.80. The Balaban J connectivity index is 2.65. The van der Waals surface area contributed by atoms with Gasteiger partial charge in [-0.15, -0.1) is 0 Å². The Kier molecular flexibility index (Phi) is 4.40. The Morgan fingerprint density at radius 3 is 2.48 bits per heavy atom. The molecular formula is C16H20N2O3. The minimum atomic E-state index is -0.892. The largest absolute Gasteiger partial charge is 0.480 e. The van der Waals surface area contributed by atoms with Crippen LogP contribution in [0.3, 0.4) is 0 Å². The predicted molar refractivity (Wildman–Crippen MR) is 80.7 cm³/mol. The first-order valence-electron chi connectivity index (χ1n) is 7.20. The molecule has 0 atom stereocenters. The lowest BCUT2D eigenvalue weighted by Gasteiger charge is -2.13. The smallest absolute Gasteiger partial charge is 0.323 e. The fourth-order valence-electron chi connectivity index (χ4n) is 2.63. The standard InChI is InChI=1S/C16H20N2O3/c1-4-11(5-2)16-17-13-8-12(10(3)19)6-7-14(13)18(16)9-15(20)21/h6-8,11H,4-5,9H2,1-3H3,(H,20,21). The molecule has 0 fully saturated rings. The van der Waals surface area contributed by atoms with Crippen molar-refractivity contribution in [3.05, 3.63) is 29.6 Å². The molecular weight excluding hydrogens is 268 g/mol. The number of carboxylic acid groups (broad SMARTS) is 1. The summed E-state index contributed by atoms with van der Waals surface area (Å²) in [4.78, 5) is 27.2. The van der Waals surface area contributed by atoms with Crippen LogP contribution in [-0.2, 0) is 11.3 Å². The third-order valence-electron chi connectivity index (χ3n) is 3.83. The second-order valence-electron chi connectivity index (χ2n) is 5.22. The van der Waals surface area contributed by atoms with Gasteiger partial charge >= 0.3 is 5.97 Å². The number of carbonyl (C=O) groups is 2. The van der Waals surface area contributed by atoms with E-state index in [4.69, 9.17) is 5.11 Å². The zero-order valence-electron chi connectivity index (χ0n) is 12.6. The van der Waals surface area contributed by atoms with E-state index in [2.05, 4.69) is 18.8 Å². The lowest BCUT2D eigenvalue weighted by Crippen LogP contribution is -2.14. The molecule has 5 heteroatoms. The summed E-state index contributed by atoms with van der Waals surface area (Å²) in [6.45, 7) is 5.54. The quantitative estimate of drug-likeness (QED) is 0.828. The molecule has 0 bridgehead atoms. The minimum Gasteiger partial charge on any atom is -0.480 e. The van der Waals surface area contributed by atoms with E-state index in [-0.39, 0.29) is 18.2 Å². The summed E-state index contributed by atoms with van der Waals surface area (Å²) in [6, 6.07) is 5.25. The third-order valence-corrected chi connectivity index (χ3v) is 3.83. The first-order valence-corrected chi connectivity index (χ1v) is 7.20. The summed E-state index contributed by atoms with van der Waals surface area (Å²) in [5.41, 5.74) is 2.05. The first kappa shape index (κ1) is 15.2. The zero-order valence-corrected chi connectivity index (χ0v) is 12.6. The Morgan fingerprint density at radius 2 is 1.95 bits per heavy atom. The summed E-state index contributed by atoms with van der Waals surface area (Å²) in [5, 5.41) is 9.14. The Labute approximate surface area is 123 Å². The number of rotatable bonds is 6. The van der Waals surface area contributed by atoms with Crippen LogP contribution in [0.2, 0.25) is 0 Å². The maximum Gasteiger partial charge on any atom is 0.323 e. The van der Waals surface area contributed by atoms with E-state index in [0.717, 1.165) is 24.2 Å². The van der Waals surface area contributed by atoms with Gasteiger partial charge in [-0.25, -0.2) is 4.98 Å². The molecule has 1 aromatic heterocycles. The number of ketones is 1. The summed E-state index contributed by atoms with van der Waals surface area (Å²) >= 11 is 0. The molecule has 2 rings (SSSR count). The van der Waals surface area contributed by atoms with E-state index in [9.17, 15) is 9.59 Å². The highest BCUT2D eigenvalue weighted by atomic mass is 16.4. The van der Waals surface area contributed by atoms with Gasteiger partial charge in [-0.1, -0.05) is 13.8 Å². The summed E-state index contributed by atoms with van der Waals surface area (Å²) in [7, 11) is 0. The van der Waals surface area contributed by atoms with Crippen LogP contribution >= 0.6 is 0 Å². The highest BCUT2D eigenvalue weighted by Gasteiger charge is 2.19. The fraction of sp³-hybridized carbons (Fsp3) is 0.438. The van der Waals surface area contributed by atoms with E-state index in [1.807, 2.05) is 0 Å². The molecule has 2 aromatic rings. The number of benzene rings is 1. The highest BCUT2D eigenvalue weighted by Crippen LogP contribution is 2.27. The maximum atomic E-state index is 11.5. The topological polar surface area (TPSA) is 72.2 Å². The number of carbonyl (C=O) groups excluding carboxylic acids is 1. The van der Waals surface area contributed by atoms with Crippen molar-refractivity contribution in [3.8, 4) is 0 Å². The van der Waals surface area contributed by atoms with Gasteiger partial charge in [0.05, 0.1) is 11.0 Å². The molecule has 112 valence electrons. The van der Waals surface area contributed by atoms with Crippen LogP contribution in [0.5, 0.6) is 0 Å². The normalized spacial score (nSPS) is 11.2. The molecule has 21 heavy (non-hydrogen) atoms. The van der Waals surface area contributed by atoms with Crippen molar-refractivity contribution < 1.29 is 14.7 Å². The highest BCUT2D eigenvalue weighted by molar-refractivity contribution is 5.97. The molecule has 0 aliphatic carbocycles. The van der Waals surface area contributed by atoms with Crippen molar-refractivity contribution in [2.45, 2.75) is 46.1 Å². The van der Waals surface area contributed by atoms with Gasteiger partial charge in [0.2, 0.25) is 0 Å². The van der Waals surface area contributed by atoms with Crippen LogP contribution in [0.25, 0.3) is 11.0 Å². The maximum absolute atomic E-state index is 11.5. The van der Waals surface area contributed by atoms with Crippen LogP contribution in [0.1, 0.15) is 55.7 Å². The van der Waals surface area contributed by atoms with Gasteiger partial charge in [-0.2, -0.15) is 0 Å². The van der Waals surface area contributed by atoms with Crippen molar-refractivity contribution in [3.63, 3.8) is 0 Å². The van der Waals surface area contributed by atoms with E-state index in [0.29, 0.717) is 11.1 Å². The number of aliphatic carboxylic acids is 1. The van der Waals surface area contributed by atoms with Crippen LogP contribution in [0.4, 0.5) is 0 Å². The lowest BCUT2D eigenvalue weighted by atomic mass is 10.0. The molecule has 0 aliphatic rings. The van der Waals surface area contributed by atoms with Gasteiger partial charge in [-0.3, -0.25) is 9.59 Å². The Morgan fingerprint density at radius 1 is 1.29 bits per heavy atom. The van der Waals surface area contributed by atoms with Crippen LogP contribution in [-0.4, -0.2) is 26.4 Å². The molecule has 1 heterocycles. The van der Waals surface area contributed by atoms with Gasteiger partial charge in [0.25, 0.3) is 0 Å². The second-order valence-corrected chi connectivity index (χ2v) is 5.22. The summed E-state index contributed by atoms with van der Waals surface area (Å²) in [5.74, 6) is 0.0987. The van der Waals surface area contributed by atoms with Crippen LogP contribution in [0, 0.1) is 0 Å². The van der Waals surface area contributed by atoms with Crippen molar-refractivity contribution in [1.82, 2.24) is 9.55 Å². The minimum absolute atomic E-state index is 0.0197. The van der Waals surface area contributed by atoms with Gasteiger partial charge in [-0.05, 0) is 38.0 Å². The molecule has 0 saturated heterocycles. The van der Waals surface area contributed by atoms with E-state index in [1.165, 1.54) is 6.92 Å². The molecule has 1 N–H and O–H groups in total. The molecule has 0 saturated carbocycles. The number of nitrogens with zero attached hydrogens (tertiary/aromatic N) is 2. The molecule has 0 radical (unpaired) electrons. The van der Waals surface area contributed by atoms with Gasteiger partial charge < -0.3 is 9.67 Å². The number of carboxylic acids is 1. The molecule has 0 unspecified atom stereocenters. The van der Waals surface area contributed by atoms with Crippen LogP contribution in [0.15, 0.2) is 18.2 Å². The average molecular weight is 288 g/mol. The molecule has 0 spiro atoms. The Hall–Kier alpha value is -2.17.